The van der Waals surface area contributed by atoms with Gasteiger partial charge in [-0.15, -0.1) is 0 Å². The lowest BCUT2D eigenvalue weighted by molar-refractivity contribution is -0.214. The fraction of sp³-hybridized carbons (Fsp3) is 0.688. The highest BCUT2D eigenvalue weighted by molar-refractivity contribution is 5.49. The molecule has 2 atom stereocenters. The van der Waals surface area contributed by atoms with Gasteiger partial charge in [-0.25, -0.2) is 4.90 Å². The van der Waals surface area contributed by atoms with E-state index in [1.807, 2.05) is 26.8 Å². The molecule has 1 aromatic rings. The molecule has 3 rings (SSSR count). The first-order valence-corrected chi connectivity index (χ1v) is 7.83. The second-order valence-corrected chi connectivity index (χ2v) is 6.96. The molecule has 2 N–H and O–H groups in total. The number of rotatable bonds is 4. The van der Waals surface area contributed by atoms with Gasteiger partial charge in [-0.1, -0.05) is 0 Å². The zero-order valence-corrected chi connectivity index (χ0v) is 13.5. The molecule has 6 nitrogen and oxygen atoms in total. The number of piperidine rings is 1. The summed E-state index contributed by atoms with van der Waals surface area (Å²) in [5.74, 6) is 0.133. The summed E-state index contributed by atoms with van der Waals surface area (Å²) < 4.78 is 17.8. The SMILES string of the molecule is CC(C)(C)OC1(N2CCC[C@H](Oc3ccncc3N)C2)CO1. The number of epoxide rings is 1. The maximum Gasteiger partial charge on any atom is 0.255 e. The first-order valence-electron chi connectivity index (χ1n) is 7.83. The average Bonchev–Trinajstić information content (AvgIpc) is 3.21. The monoisotopic (exact) mass is 307 g/mol. The van der Waals surface area contributed by atoms with Crippen molar-refractivity contribution >= 4 is 5.69 Å². The molecule has 0 spiro atoms. The molecule has 0 bridgehead atoms. The molecule has 2 fully saturated rings. The zero-order chi connectivity index (χ0) is 15.8. The van der Waals surface area contributed by atoms with Crippen molar-refractivity contribution in [3.8, 4) is 5.75 Å². The Bertz CT molecular complexity index is 526. The summed E-state index contributed by atoms with van der Waals surface area (Å²) in [7, 11) is 0. The molecule has 0 saturated carbocycles. The molecule has 1 unspecified atom stereocenters. The minimum absolute atomic E-state index is 0.0862. The number of ether oxygens (including phenoxy) is 3. The third-order valence-corrected chi connectivity index (χ3v) is 3.82. The molecular formula is C16H25N3O3. The van der Waals surface area contributed by atoms with Crippen LogP contribution in [0.4, 0.5) is 5.69 Å². The maximum absolute atomic E-state index is 6.11. The van der Waals surface area contributed by atoms with Crippen LogP contribution in [0, 0.1) is 0 Å². The lowest BCUT2D eigenvalue weighted by atomic mass is 10.1. The molecule has 1 aromatic heterocycles. The molecule has 0 amide bonds. The van der Waals surface area contributed by atoms with Crippen LogP contribution < -0.4 is 10.5 Å². The predicted octanol–water partition coefficient (Wildman–Crippen LogP) is 2.01. The lowest BCUT2D eigenvalue weighted by Crippen LogP contribution is -2.52. The van der Waals surface area contributed by atoms with Crippen molar-refractivity contribution in [2.45, 2.75) is 51.2 Å². The van der Waals surface area contributed by atoms with Gasteiger partial charge in [0, 0.05) is 25.4 Å². The van der Waals surface area contributed by atoms with E-state index in [2.05, 4.69) is 9.88 Å². The molecule has 0 radical (unpaired) electrons. The van der Waals surface area contributed by atoms with Gasteiger partial charge in [0.05, 0.1) is 17.5 Å². The predicted molar refractivity (Wildman–Crippen MR) is 83.4 cm³/mol. The van der Waals surface area contributed by atoms with Gasteiger partial charge in [0.2, 0.25) is 0 Å². The van der Waals surface area contributed by atoms with Gasteiger partial charge in [-0.3, -0.25) is 4.98 Å². The molecule has 0 aliphatic carbocycles. The van der Waals surface area contributed by atoms with Crippen LogP contribution in [0.2, 0.25) is 0 Å². The van der Waals surface area contributed by atoms with Crippen LogP contribution in [-0.4, -0.2) is 47.2 Å². The van der Waals surface area contributed by atoms with E-state index in [0.717, 1.165) is 25.9 Å². The molecule has 0 aromatic carbocycles. The summed E-state index contributed by atoms with van der Waals surface area (Å²) in [5, 5.41) is 0. The molecule has 2 aliphatic rings. The largest absolute Gasteiger partial charge is 0.487 e. The third kappa shape index (κ3) is 3.51. The Labute approximate surface area is 131 Å². The van der Waals surface area contributed by atoms with Crippen molar-refractivity contribution in [1.82, 2.24) is 9.88 Å². The van der Waals surface area contributed by atoms with Crippen molar-refractivity contribution in [2.75, 3.05) is 25.4 Å². The van der Waals surface area contributed by atoms with E-state index in [1.54, 1.807) is 12.4 Å². The van der Waals surface area contributed by atoms with Crippen molar-refractivity contribution in [3.63, 3.8) is 0 Å². The summed E-state index contributed by atoms with van der Waals surface area (Å²) in [4.78, 5) is 6.23. The second kappa shape index (κ2) is 5.68. The normalized spacial score (nSPS) is 29.3. The fourth-order valence-corrected chi connectivity index (χ4v) is 2.87. The van der Waals surface area contributed by atoms with Crippen molar-refractivity contribution in [1.29, 1.82) is 0 Å². The van der Waals surface area contributed by atoms with Crippen LogP contribution in [0.3, 0.4) is 0 Å². The molecule has 6 heteroatoms. The Hall–Kier alpha value is -1.37. The van der Waals surface area contributed by atoms with Gasteiger partial charge < -0.3 is 19.9 Å². The van der Waals surface area contributed by atoms with Crippen molar-refractivity contribution < 1.29 is 14.2 Å². The molecule has 22 heavy (non-hydrogen) atoms. The number of hydrogen-bond donors (Lipinski definition) is 1. The van der Waals surface area contributed by atoms with E-state index in [4.69, 9.17) is 19.9 Å². The van der Waals surface area contributed by atoms with Gasteiger partial charge in [0.25, 0.3) is 5.91 Å². The number of pyridine rings is 1. The van der Waals surface area contributed by atoms with E-state index >= 15 is 0 Å². The smallest absolute Gasteiger partial charge is 0.255 e. The molecular weight excluding hydrogens is 282 g/mol. The molecule has 3 heterocycles. The lowest BCUT2D eigenvalue weighted by Gasteiger charge is -2.38. The van der Waals surface area contributed by atoms with Crippen molar-refractivity contribution in [2.24, 2.45) is 0 Å². The topological polar surface area (TPSA) is 73.1 Å². The highest BCUT2D eigenvalue weighted by Crippen LogP contribution is 2.39. The number of aromatic nitrogens is 1. The summed E-state index contributed by atoms with van der Waals surface area (Å²) in [6.07, 6.45) is 5.45. The highest BCUT2D eigenvalue weighted by Gasteiger charge is 2.55. The van der Waals surface area contributed by atoms with E-state index < -0.39 is 5.91 Å². The summed E-state index contributed by atoms with van der Waals surface area (Å²) in [6, 6.07) is 1.81. The number of likely N-dealkylation sites (tertiary alicyclic amines) is 1. The first-order chi connectivity index (χ1) is 10.4. The van der Waals surface area contributed by atoms with E-state index in [1.165, 1.54) is 0 Å². The minimum Gasteiger partial charge on any atom is -0.487 e. The standard InChI is InChI=1S/C16H25N3O3/c1-15(2,3)22-16(11-20-16)19-8-4-5-12(10-19)21-14-6-7-18-9-13(14)17/h6-7,9,12H,4-5,8,10-11,17H2,1-3H3/t12-,16?/m0/s1. The number of nitrogens with two attached hydrogens (primary N) is 1. The Morgan fingerprint density at radius 3 is 2.86 bits per heavy atom. The quantitative estimate of drug-likeness (QED) is 0.858. The Balaban J connectivity index is 1.64. The molecule has 2 saturated heterocycles. The van der Waals surface area contributed by atoms with Crippen LogP contribution >= 0.6 is 0 Å². The summed E-state index contributed by atoms with van der Waals surface area (Å²) in [5.41, 5.74) is 6.24. The van der Waals surface area contributed by atoms with Gasteiger partial charge >= 0.3 is 0 Å². The van der Waals surface area contributed by atoms with Gasteiger partial charge in [0.1, 0.15) is 18.5 Å². The van der Waals surface area contributed by atoms with Gasteiger partial charge in [-0.05, 0) is 33.6 Å². The Morgan fingerprint density at radius 2 is 2.23 bits per heavy atom. The first kappa shape index (κ1) is 15.5. The number of nitrogens with zero attached hydrogens (tertiary/aromatic N) is 2. The summed E-state index contributed by atoms with van der Waals surface area (Å²) in [6.45, 7) is 8.50. The van der Waals surface area contributed by atoms with Crippen LogP contribution in [0.15, 0.2) is 18.5 Å². The average molecular weight is 307 g/mol. The Kier molecular flexibility index (Phi) is 4.01. The van der Waals surface area contributed by atoms with E-state index in [9.17, 15) is 0 Å². The van der Waals surface area contributed by atoms with Crippen LogP contribution in [0.1, 0.15) is 33.6 Å². The van der Waals surface area contributed by atoms with E-state index in [0.29, 0.717) is 18.0 Å². The second-order valence-electron chi connectivity index (χ2n) is 6.96. The zero-order valence-electron chi connectivity index (χ0n) is 13.5. The maximum atomic E-state index is 6.11. The van der Waals surface area contributed by atoms with E-state index in [-0.39, 0.29) is 11.7 Å². The number of nitrogen functional groups attached to an aromatic ring is 1. The molecule has 2 aliphatic heterocycles. The number of anilines is 1. The number of hydrogen-bond acceptors (Lipinski definition) is 6. The Morgan fingerprint density at radius 1 is 1.45 bits per heavy atom. The van der Waals surface area contributed by atoms with Crippen LogP contribution in [0.25, 0.3) is 0 Å². The third-order valence-electron chi connectivity index (χ3n) is 3.82. The van der Waals surface area contributed by atoms with Crippen LogP contribution in [0.5, 0.6) is 5.75 Å². The fourth-order valence-electron chi connectivity index (χ4n) is 2.87. The molecule has 122 valence electrons. The highest BCUT2D eigenvalue weighted by atomic mass is 16.8. The van der Waals surface area contributed by atoms with Gasteiger partial charge in [-0.2, -0.15) is 0 Å². The van der Waals surface area contributed by atoms with Crippen molar-refractivity contribution in [3.05, 3.63) is 18.5 Å². The minimum atomic E-state index is -0.565. The van der Waals surface area contributed by atoms with Gasteiger partial charge in [0.15, 0.2) is 0 Å². The van der Waals surface area contributed by atoms with Crippen LogP contribution in [-0.2, 0) is 9.47 Å². The summed E-state index contributed by atoms with van der Waals surface area (Å²) >= 11 is 0.